The number of carbonyl (C=O) groups is 1. The molecule has 1 amide bonds. The fraction of sp³-hybridized carbons (Fsp3) is 0.458. The van der Waals surface area contributed by atoms with Crippen molar-refractivity contribution in [3.8, 4) is 0 Å². The van der Waals surface area contributed by atoms with Gasteiger partial charge in [0.05, 0.1) is 11.1 Å². The van der Waals surface area contributed by atoms with Gasteiger partial charge in [-0.1, -0.05) is 36.8 Å². The van der Waals surface area contributed by atoms with E-state index in [0.717, 1.165) is 48.9 Å². The van der Waals surface area contributed by atoms with Crippen LogP contribution in [0, 0.1) is 0 Å². The first kappa shape index (κ1) is 20.8. The molecule has 162 valence electrons. The van der Waals surface area contributed by atoms with E-state index in [1.54, 1.807) is 23.1 Å². The summed E-state index contributed by atoms with van der Waals surface area (Å²) < 4.78 is 0. The SMILES string of the molecule is O=C(CCSCc1nc2sc3c(c2c(=O)[nH]1)CCC3)NCC1(c2ccccc2)CCC1. The third-order valence-corrected chi connectivity index (χ3v) is 8.81. The van der Waals surface area contributed by atoms with Crippen LogP contribution in [0.2, 0.25) is 0 Å². The van der Waals surface area contributed by atoms with E-state index in [-0.39, 0.29) is 16.9 Å². The van der Waals surface area contributed by atoms with Gasteiger partial charge in [0.2, 0.25) is 5.91 Å². The van der Waals surface area contributed by atoms with Crippen molar-refractivity contribution in [1.82, 2.24) is 15.3 Å². The number of thioether (sulfide) groups is 1. The van der Waals surface area contributed by atoms with Crippen molar-refractivity contribution < 1.29 is 4.79 Å². The minimum atomic E-state index is -0.00977. The molecule has 0 atom stereocenters. The van der Waals surface area contributed by atoms with Crippen LogP contribution in [0.1, 0.15) is 53.9 Å². The Morgan fingerprint density at radius 2 is 2.03 bits per heavy atom. The Labute approximate surface area is 190 Å². The van der Waals surface area contributed by atoms with Crippen LogP contribution in [0.5, 0.6) is 0 Å². The molecule has 1 aromatic carbocycles. The molecule has 2 aliphatic carbocycles. The molecule has 0 bridgehead atoms. The molecule has 2 N–H and O–H groups in total. The van der Waals surface area contributed by atoms with Crippen LogP contribution in [0.15, 0.2) is 35.1 Å². The van der Waals surface area contributed by atoms with Crippen LogP contribution >= 0.6 is 23.1 Å². The highest BCUT2D eigenvalue weighted by Crippen LogP contribution is 2.43. The number of aromatic amines is 1. The number of H-pyrrole nitrogens is 1. The Bertz CT molecular complexity index is 1150. The monoisotopic (exact) mass is 453 g/mol. The number of nitrogens with zero attached hydrogens (tertiary/aromatic N) is 1. The molecule has 3 aromatic rings. The van der Waals surface area contributed by atoms with E-state index >= 15 is 0 Å². The molecule has 31 heavy (non-hydrogen) atoms. The summed E-state index contributed by atoms with van der Waals surface area (Å²) in [4.78, 5) is 34.7. The number of thiophene rings is 1. The molecule has 5 rings (SSSR count). The van der Waals surface area contributed by atoms with Gasteiger partial charge in [-0.2, -0.15) is 11.8 Å². The number of carbonyl (C=O) groups excluding carboxylic acids is 1. The lowest BCUT2D eigenvalue weighted by atomic mass is 9.64. The smallest absolute Gasteiger partial charge is 0.259 e. The zero-order chi connectivity index (χ0) is 21.3. The Balaban J connectivity index is 1.11. The predicted octanol–water partition coefficient (Wildman–Crippen LogP) is 4.33. The van der Waals surface area contributed by atoms with Crippen molar-refractivity contribution in [1.29, 1.82) is 0 Å². The first-order valence-electron chi connectivity index (χ1n) is 11.1. The number of hydrogen-bond donors (Lipinski definition) is 2. The van der Waals surface area contributed by atoms with Gasteiger partial charge in [-0.25, -0.2) is 4.98 Å². The van der Waals surface area contributed by atoms with Gasteiger partial charge < -0.3 is 10.3 Å². The number of fused-ring (bicyclic) bond motifs is 3. The average molecular weight is 454 g/mol. The van der Waals surface area contributed by atoms with Crippen LogP contribution in [-0.2, 0) is 28.8 Å². The number of nitrogens with one attached hydrogen (secondary N) is 2. The number of aromatic nitrogens is 2. The maximum atomic E-state index is 12.5. The van der Waals surface area contributed by atoms with E-state index in [9.17, 15) is 9.59 Å². The number of benzene rings is 1. The zero-order valence-electron chi connectivity index (χ0n) is 17.5. The van der Waals surface area contributed by atoms with Crippen molar-refractivity contribution in [2.75, 3.05) is 12.3 Å². The number of hydrogen-bond acceptors (Lipinski definition) is 5. The van der Waals surface area contributed by atoms with Crippen molar-refractivity contribution in [2.24, 2.45) is 0 Å². The average Bonchev–Trinajstić information content (AvgIpc) is 3.32. The fourth-order valence-electron chi connectivity index (χ4n) is 4.77. The third kappa shape index (κ3) is 4.17. The number of aryl methyl sites for hydroxylation is 2. The van der Waals surface area contributed by atoms with Gasteiger partial charge in [0.15, 0.2) is 0 Å². The van der Waals surface area contributed by atoms with E-state index in [4.69, 9.17) is 0 Å². The first-order valence-corrected chi connectivity index (χ1v) is 13.1. The molecule has 2 heterocycles. The van der Waals surface area contributed by atoms with E-state index < -0.39 is 0 Å². The predicted molar refractivity (Wildman–Crippen MR) is 128 cm³/mol. The summed E-state index contributed by atoms with van der Waals surface area (Å²) in [7, 11) is 0. The maximum Gasteiger partial charge on any atom is 0.259 e. The van der Waals surface area contributed by atoms with Crippen molar-refractivity contribution in [3.63, 3.8) is 0 Å². The van der Waals surface area contributed by atoms with Gasteiger partial charge in [0.1, 0.15) is 10.7 Å². The largest absolute Gasteiger partial charge is 0.355 e. The summed E-state index contributed by atoms with van der Waals surface area (Å²) in [6.07, 6.45) is 7.19. The van der Waals surface area contributed by atoms with Crippen LogP contribution < -0.4 is 10.9 Å². The lowest BCUT2D eigenvalue weighted by Gasteiger charge is -2.42. The molecule has 0 aliphatic heterocycles. The lowest BCUT2D eigenvalue weighted by molar-refractivity contribution is -0.121. The Kier molecular flexibility index (Phi) is 5.89. The molecule has 0 unspecified atom stereocenters. The van der Waals surface area contributed by atoms with Gasteiger partial charge in [-0.3, -0.25) is 9.59 Å². The molecule has 5 nitrogen and oxygen atoms in total. The van der Waals surface area contributed by atoms with Gasteiger partial charge in [0, 0.05) is 29.0 Å². The molecule has 0 radical (unpaired) electrons. The highest BCUT2D eigenvalue weighted by molar-refractivity contribution is 7.98. The van der Waals surface area contributed by atoms with Crippen LogP contribution in [0.25, 0.3) is 10.2 Å². The quantitative estimate of drug-likeness (QED) is 0.498. The molecule has 1 fully saturated rings. The van der Waals surface area contributed by atoms with E-state index in [0.29, 0.717) is 23.8 Å². The maximum absolute atomic E-state index is 12.5. The molecule has 2 aromatic heterocycles. The van der Waals surface area contributed by atoms with Crippen molar-refractivity contribution >= 4 is 39.2 Å². The van der Waals surface area contributed by atoms with Gasteiger partial charge in [-0.15, -0.1) is 11.3 Å². The normalized spacial score (nSPS) is 16.8. The van der Waals surface area contributed by atoms with Crippen LogP contribution in [-0.4, -0.2) is 28.2 Å². The summed E-state index contributed by atoms with van der Waals surface area (Å²) >= 11 is 3.31. The summed E-state index contributed by atoms with van der Waals surface area (Å²) in [6.45, 7) is 0.717. The minimum absolute atomic E-state index is 0.00977. The summed E-state index contributed by atoms with van der Waals surface area (Å²) in [5, 5.41) is 3.95. The Morgan fingerprint density at radius 3 is 2.81 bits per heavy atom. The zero-order valence-corrected chi connectivity index (χ0v) is 19.2. The van der Waals surface area contributed by atoms with Gasteiger partial charge >= 0.3 is 0 Å². The van der Waals surface area contributed by atoms with E-state index in [1.165, 1.54) is 22.4 Å². The third-order valence-electron chi connectivity index (χ3n) is 6.66. The Morgan fingerprint density at radius 1 is 1.19 bits per heavy atom. The van der Waals surface area contributed by atoms with Crippen molar-refractivity contribution in [2.45, 2.75) is 56.1 Å². The van der Waals surface area contributed by atoms with Gasteiger partial charge in [-0.05, 0) is 43.2 Å². The Hall–Kier alpha value is -2.12. The minimum Gasteiger partial charge on any atom is -0.355 e. The van der Waals surface area contributed by atoms with E-state index in [2.05, 4.69) is 39.6 Å². The second kappa shape index (κ2) is 8.79. The molecule has 1 saturated carbocycles. The van der Waals surface area contributed by atoms with Gasteiger partial charge in [0.25, 0.3) is 5.56 Å². The summed E-state index contributed by atoms with van der Waals surface area (Å²) in [6, 6.07) is 10.5. The molecule has 7 heteroatoms. The van der Waals surface area contributed by atoms with Crippen molar-refractivity contribution in [3.05, 3.63) is 62.5 Å². The molecule has 0 spiro atoms. The van der Waals surface area contributed by atoms with Crippen LogP contribution in [0.3, 0.4) is 0 Å². The second-order valence-electron chi connectivity index (χ2n) is 8.63. The molecule has 0 saturated heterocycles. The lowest BCUT2D eigenvalue weighted by Crippen LogP contribution is -2.45. The number of rotatable bonds is 8. The molecular weight excluding hydrogens is 426 g/mol. The molecule has 2 aliphatic rings. The topological polar surface area (TPSA) is 74.8 Å². The summed E-state index contributed by atoms with van der Waals surface area (Å²) in [5.41, 5.74) is 2.65. The highest BCUT2D eigenvalue weighted by atomic mass is 32.2. The summed E-state index contributed by atoms with van der Waals surface area (Å²) in [5.74, 6) is 2.14. The fourth-order valence-corrected chi connectivity index (χ4v) is 6.85. The standard InChI is InChI=1S/C24H27N3O2S2/c28-20(25-15-24(11-5-12-24)16-6-2-1-3-7-16)10-13-30-14-19-26-22(29)21-17-8-4-9-18(17)31-23(21)27-19/h1-3,6-7H,4-5,8-15H2,(H,25,28)(H,26,27,29). The first-order chi connectivity index (χ1) is 15.1. The van der Waals surface area contributed by atoms with Crippen LogP contribution in [0.4, 0.5) is 0 Å². The van der Waals surface area contributed by atoms with E-state index in [1.807, 2.05) is 6.07 Å². The second-order valence-corrected chi connectivity index (χ2v) is 10.8. The molecular formula is C24H27N3O2S2. The number of amides is 1. The highest BCUT2D eigenvalue weighted by Gasteiger charge is 2.38.